The topological polar surface area (TPSA) is 61.1 Å². The zero-order valence-electron chi connectivity index (χ0n) is 7.62. The highest BCUT2D eigenvalue weighted by atomic mass is 35.5. The van der Waals surface area contributed by atoms with Crippen LogP contribution >= 0.6 is 11.6 Å². The van der Waals surface area contributed by atoms with Crippen LogP contribution < -0.4 is 0 Å². The van der Waals surface area contributed by atoms with Gasteiger partial charge in [-0.2, -0.15) is 5.26 Å². The number of nitrogens with zero attached hydrogens (tertiary/aromatic N) is 1. The molecule has 3 nitrogen and oxygen atoms in total. The second-order valence-electron chi connectivity index (χ2n) is 2.74. The van der Waals surface area contributed by atoms with Crippen LogP contribution in [0.4, 0.5) is 0 Å². The van der Waals surface area contributed by atoms with Crippen LogP contribution in [0.5, 0.6) is 0 Å². The first-order valence-corrected chi connectivity index (χ1v) is 4.41. The van der Waals surface area contributed by atoms with Gasteiger partial charge in [-0.05, 0) is 23.8 Å². The number of hydrogen-bond donors (Lipinski definition) is 1. The van der Waals surface area contributed by atoms with E-state index in [1.807, 2.05) is 0 Å². The van der Waals surface area contributed by atoms with Crippen molar-refractivity contribution in [2.24, 2.45) is 0 Å². The Labute approximate surface area is 91.9 Å². The number of benzene rings is 1. The molecule has 0 saturated heterocycles. The molecule has 1 N–H and O–H groups in total. The minimum atomic E-state index is -0.956. The standard InChI is InChI=1S/C11H6ClNO2/c12-10-4-3-8(2-1-5-13)6-9(10)7-11(14)15/h3-4,6H,7H2,(H,14,15). The maximum absolute atomic E-state index is 10.5. The van der Waals surface area contributed by atoms with Crippen LogP contribution in [0.15, 0.2) is 18.2 Å². The van der Waals surface area contributed by atoms with Crippen LogP contribution in [0.1, 0.15) is 11.1 Å². The fourth-order valence-corrected chi connectivity index (χ4v) is 1.24. The Morgan fingerprint density at radius 3 is 2.87 bits per heavy atom. The average Bonchev–Trinajstić information content (AvgIpc) is 2.18. The van der Waals surface area contributed by atoms with Crippen molar-refractivity contribution in [3.63, 3.8) is 0 Å². The van der Waals surface area contributed by atoms with Gasteiger partial charge in [0, 0.05) is 16.5 Å². The minimum absolute atomic E-state index is 0.152. The number of carboxylic acids is 1. The van der Waals surface area contributed by atoms with Gasteiger partial charge in [0.1, 0.15) is 0 Å². The number of halogens is 1. The Morgan fingerprint density at radius 2 is 2.27 bits per heavy atom. The van der Waals surface area contributed by atoms with E-state index in [9.17, 15) is 4.79 Å². The molecule has 0 aromatic heterocycles. The summed E-state index contributed by atoms with van der Waals surface area (Å²) in [6.45, 7) is 0. The van der Waals surface area contributed by atoms with Crippen LogP contribution in [0.3, 0.4) is 0 Å². The van der Waals surface area contributed by atoms with E-state index in [1.54, 1.807) is 24.3 Å². The molecule has 0 amide bonds. The summed E-state index contributed by atoms with van der Waals surface area (Å²) in [6.07, 6.45) is -0.152. The van der Waals surface area contributed by atoms with Gasteiger partial charge in [0.15, 0.2) is 6.07 Å². The number of hydrogen-bond acceptors (Lipinski definition) is 2. The van der Waals surface area contributed by atoms with Crippen molar-refractivity contribution in [2.45, 2.75) is 6.42 Å². The van der Waals surface area contributed by atoms with Crippen molar-refractivity contribution >= 4 is 17.6 Å². The van der Waals surface area contributed by atoms with E-state index in [0.717, 1.165) is 0 Å². The summed E-state index contributed by atoms with van der Waals surface area (Å²) in [7, 11) is 0. The maximum atomic E-state index is 10.5. The lowest BCUT2D eigenvalue weighted by atomic mass is 10.1. The molecular formula is C11H6ClNO2. The highest BCUT2D eigenvalue weighted by Gasteiger charge is 2.05. The first kappa shape index (κ1) is 11.1. The third-order valence-corrected chi connectivity index (χ3v) is 2.02. The number of nitriles is 1. The Kier molecular flexibility index (Phi) is 3.74. The number of carboxylic acid groups (broad SMARTS) is 1. The lowest BCUT2D eigenvalue weighted by Crippen LogP contribution is -2.00. The normalized spacial score (nSPS) is 8.53. The molecule has 74 valence electrons. The van der Waals surface area contributed by atoms with Gasteiger partial charge in [-0.3, -0.25) is 4.79 Å². The van der Waals surface area contributed by atoms with Gasteiger partial charge in [0.05, 0.1) is 6.42 Å². The first-order valence-electron chi connectivity index (χ1n) is 4.04. The Morgan fingerprint density at radius 1 is 1.53 bits per heavy atom. The van der Waals surface area contributed by atoms with E-state index in [0.29, 0.717) is 16.1 Å². The van der Waals surface area contributed by atoms with Crippen molar-refractivity contribution < 1.29 is 9.90 Å². The predicted octanol–water partition coefficient (Wildman–Crippen LogP) is 1.84. The second-order valence-corrected chi connectivity index (χ2v) is 3.15. The molecule has 0 saturated carbocycles. The van der Waals surface area contributed by atoms with Crippen molar-refractivity contribution in [3.8, 4) is 17.9 Å². The SMILES string of the molecule is N#CC#Cc1ccc(Cl)c(CC(=O)O)c1. The highest BCUT2D eigenvalue weighted by molar-refractivity contribution is 6.31. The lowest BCUT2D eigenvalue weighted by Gasteiger charge is -2.01. The number of aliphatic carboxylic acids is 1. The van der Waals surface area contributed by atoms with Crippen LogP contribution in [0.25, 0.3) is 0 Å². The number of carbonyl (C=O) groups is 1. The third-order valence-electron chi connectivity index (χ3n) is 1.65. The van der Waals surface area contributed by atoms with Gasteiger partial charge in [-0.1, -0.05) is 17.5 Å². The van der Waals surface area contributed by atoms with Gasteiger partial charge in [-0.15, -0.1) is 0 Å². The molecule has 0 bridgehead atoms. The largest absolute Gasteiger partial charge is 0.481 e. The molecule has 0 aliphatic carbocycles. The Bertz CT molecular complexity index is 492. The van der Waals surface area contributed by atoms with E-state index in [4.69, 9.17) is 22.0 Å². The summed E-state index contributed by atoms with van der Waals surface area (Å²) in [5.74, 6) is 3.85. The van der Waals surface area contributed by atoms with Gasteiger partial charge in [0.2, 0.25) is 0 Å². The average molecular weight is 220 g/mol. The monoisotopic (exact) mass is 219 g/mol. The smallest absolute Gasteiger partial charge is 0.307 e. The van der Waals surface area contributed by atoms with Crippen molar-refractivity contribution in [2.75, 3.05) is 0 Å². The molecule has 1 aromatic carbocycles. The van der Waals surface area contributed by atoms with Gasteiger partial charge < -0.3 is 5.11 Å². The van der Waals surface area contributed by atoms with E-state index in [1.165, 1.54) is 0 Å². The molecule has 0 radical (unpaired) electrons. The van der Waals surface area contributed by atoms with Crippen molar-refractivity contribution in [1.29, 1.82) is 5.26 Å². The van der Waals surface area contributed by atoms with Crippen LogP contribution in [-0.2, 0) is 11.2 Å². The maximum Gasteiger partial charge on any atom is 0.307 e. The molecule has 0 fully saturated rings. The van der Waals surface area contributed by atoms with Gasteiger partial charge in [-0.25, -0.2) is 0 Å². The van der Waals surface area contributed by atoms with E-state index in [-0.39, 0.29) is 6.42 Å². The Balaban J connectivity index is 3.06. The molecular weight excluding hydrogens is 214 g/mol. The molecule has 0 atom stereocenters. The Hall–Kier alpha value is -1.97. The van der Waals surface area contributed by atoms with E-state index < -0.39 is 5.97 Å². The summed E-state index contributed by atoms with van der Waals surface area (Å²) in [4.78, 5) is 10.5. The first-order chi connectivity index (χ1) is 7.13. The molecule has 0 spiro atoms. The molecule has 1 rings (SSSR count). The summed E-state index contributed by atoms with van der Waals surface area (Å²) < 4.78 is 0. The molecule has 1 aromatic rings. The van der Waals surface area contributed by atoms with Crippen LogP contribution in [0.2, 0.25) is 5.02 Å². The van der Waals surface area contributed by atoms with Crippen molar-refractivity contribution in [3.05, 3.63) is 34.3 Å². The van der Waals surface area contributed by atoms with E-state index in [2.05, 4.69) is 11.8 Å². The molecule has 0 heterocycles. The van der Waals surface area contributed by atoms with Gasteiger partial charge in [0.25, 0.3) is 0 Å². The van der Waals surface area contributed by atoms with Crippen LogP contribution in [0, 0.1) is 23.2 Å². The fraction of sp³-hybridized carbons (Fsp3) is 0.0909. The lowest BCUT2D eigenvalue weighted by molar-refractivity contribution is -0.136. The van der Waals surface area contributed by atoms with Crippen molar-refractivity contribution in [1.82, 2.24) is 0 Å². The highest BCUT2D eigenvalue weighted by Crippen LogP contribution is 2.17. The molecule has 0 aliphatic rings. The summed E-state index contributed by atoms with van der Waals surface area (Å²) >= 11 is 5.80. The fourth-order valence-electron chi connectivity index (χ4n) is 1.05. The summed E-state index contributed by atoms with van der Waals surface area (Å²) in [6, 6.07) is 6.46. The zero-order chi connectivity index (χ0) is 11.3. The quantitative estimate of drug-likeness (QED) is 0.772. The molecule has 0 unspecified atom stereocenters. The van der Waals surface area contributed by atoms with Gasteiger partial charge >= 0.3 is 5.97 Å². The van der Waals surface area contributed by atoms with Crippen LogP contribution in [-0.4, -0.2) is 11.1 Å². The zero-order valence-corrected chi connectivity index (χ0v) is 8.38. The summed E-state index contributed by atoms with van der Waals surface area (Å²) in [5.41, 5.74) is 1.08. The number of rotatable bonds is 2. The minimum Gasteiger partial charge on any atom is -0.481 e. The molecule has 15 heavy (non-hydrogen) atoms. The molecule has 0 aliphatic heterocycles. The summed E-state index contributed by atoms with van der Waals surface area (Å²) in [5, 5.41) is 17.3. The van der Waals surface area contributed by atoms with E-state index >= 15 is 0 Å². The molecule has 4 heteroatoms. The second kappa shape index (κ2) is 5.05. The third kappa shape index (κ3) is 3.34. The predicted molar refractivity (Wildman–Crippen MR) is 55.3 cm³/mol.